The number of hydrogen-bond donors (Lipinski definition) is 0. The third-order valence-corrected chi connectivity index (χ3v) is 4.61. The first kappa shape index (κ1) is 9.82. The standard InChI is InChI=1S/C10H12Cl2S/c11-7-10(2-1-3-10)5-8-4-9(12)13-6-8/h4,6H,1-3,5,7H2. The molecular formula is C10H12Cl2S. The molecule has 1 heterocycles. The zero-order valence-electron chi connectivity index (χ0n) is 7.35. The van der Waals surface area contributed by atoms with Crippen LogP contribution < -0.4 is 0 Å². The Bertz CT molecular complexity index is 283. The van der Waals surface area contributed by atoms with Crippen molar-refractivity contribution in [3.8, 4) is 0 Å². The molecule has 0 bridgehead atoms. The van der Waals surface area contributed by atoms with E-state index in [1.54, 1.807) is 11.3 Å². The monoisotopic (exact) mass is 234 g/mol. The van der Waals surface area contributed by atoms with Gasteiger partial charge in [-0.05, 0) is 41.7 Å². The summed E-state index contributed by atoms with van der Waals surface area (Å²) in [5.41, 5.74) is 1.75. The lowest BCUT2D eigenvalue weighted by Crippen LogP contribution is -2.33. The average Bonchev–Trinajstić information content (AvgIpc) is 2.44. The molecule has 1 aromatic rings. The van der Waals surface area contributed by atoms with Gasteiger partial charge in [0.15, 0.2) is 0 Å². The van der Waals surface area contributed by atoms with Gasteiger partial charge >= 0.3 is 0 Å². The molecule has 0 N–H and O–H groups in total. The minimum Gasteiger partial charge on any atom is -0.132 e. The predicted octanol–water partition coefficient (Wildman–Crippen LogP) is 4.35. The molecule has 1 aromatic heterocycles. The van der Waals surface area contributed by atoms with E-state index in [-0.39, 0.29) is 0 Å². The predicted molar refractivity (Wildman–Crippen MR) is 60.0 cm³/mol. The first-order valence-electron chi connectivity index (χ1n) is 4.53. The molecule has 0 radical (unpaired) electrons. The molecule has 3 heteroatoms. The van der Waals surface area contributed by atoms with Crippen molar-refractivity contribution in [2.75, 3.05) is 5.88 Å². The largest absolute Gasteiger partial charge is 0.132 e. The van der Waals surface area contributed by atoms with Gasteiger partial charge in [-0.2, -0.15) is 0 Å². The number of halogens is 2. The molecule has 2 rings (SSSR count). The maximum absolute atomic E-state index is 5.99. The molecule has 72 valence electrons. The Labute approximate surface area is 92.9 Å². The third kappa shape index (κ3) is 2.03. The Morgan fingerprint density at radius 3 is 2.62 bits per heavy atom. The Kier molecular flexibility index (Phi) is 2.87. The number of alkyl halides is 1. The van der Waals surface area contributed by atoms with Gasteiger partial charge in [0, 0.05) is 5.88 Å². The molecule has 0 saturated heterocycles. The molecule has 0 spiro atoms. The Balaban J connectivity index is 2.04. The fourth-order valence-corrected chi connectivity index (χ4v) is 3.18. The van der Waals surface area contributed by atoms with Crippen LogP contribution in [0.3, 0.4) is 0 Å². The SMILES string of the molecule is ClCC1(Cc2csc(Cl)c2)CCC1. The van der Waals surface area contributed by atoms with Crippen molar-refractivity contribution in [3.63, 3.8) is 0 Å². The van der Waals surface area contributed by atoms with Crippen LogP contribution in [0.4, 0.5) is 0 Å². The molecule has 0 aliphatic heterocycles. The molecule has 0 aromatic carbocycles. The summed E-state index contributed by atoms with van der Waals surface area (Å²) in [6.45, 7) is 0. The number of thiophene rings is 1. The summed E-state index contributed by atoms with van der Waals surface area (Å²) in [6.07, 6.45) is 5.01. The first-order chi connectivity index (χ1) is 6.24. The van der Waals surface area contributed by atoms with Crippen LogP contribution in [0.1, 0.15) is 24.8 Å². The Morgan fingerprint density at radius 2 is 2.23 bits per heavy atom. The van der Waals surface area contributed by atoms with Crippen LogP contribution in [-0.2, 0) is 6.42 Å². The number of hydrogen-bond acceptors (Lipinski definition) is 1. The van der Waals surface area contributed by atoms with E-state index in [0.717, 1.165) is 16.6 Å². The molecular weight excluding hydrogens is 223 g/mol. The van der Waals surface area contributed by atoms with E-state index in [2.05, 4.69) is 11.4 Å². The fraction of sp³-hybridized carbons (Fsp3) is 0.600. The van der Waals surface area contributed by atoms with Crippen molar-refractivity contribution in [2.24, 2.45) is 5.41 Å². The van der Waals surface area contributed by atoms with Gasteiger partial charge in [-0.1, -0.05) is 18.0 Å². The van der Waals surface area contributed by atoms with Gasteiger partial charge in [0.1, 0.15) is 0 Å². The molecule has 13 heavy (non-hydrogen) atoms. The van der Waals surface area contributed by atoms with Crippen molar-refractivity contribution >= 4 is 34.5 Å². The maximum Gasteiger partial charge on any atom is 0.0931 e. The Hall–Kier alpha value is 0.280. The second-order valence-electron chi connectivity index (χ2n) is 3.92. The van der Waals surface area contributed by atoms with Crippen LogP contribution in [0.25, 0.3) is 0 Å². The van der Waals surface area contributed by atoms with Crippen LogP contribution in [0, 0.1) is 5.41 Å². The van der Waals surface area contributed by atoms with E-state index in [4.69, 9.17) is 23.2 Å². The van der Waals surface area contributed by atoms with E-state index in [1.165, 1.54) is 24.8 Å². The van der Waals surface area contributed by atoms with Crippen molar-refractivity contribution in [3.05, 3.63) is 21.3 Å². The summed E-state index contributed by atoms with van der Waals surface area (Å²) in [6, 6.07) is 2.07. The van der Waals surface area contributed by atoms with Gasteiger partial charge in [-0.25, -0.2) is 0 Å². The summed E-state index contributed by atoms with van der Waals surface area (Å²) in [5, 5.41) is 2.15. The van der Waals surface area contributed by atoms with Gasteiger partial charge < -0.3 is 0 Å². The highest BCUT2D eigenvalue weighted by Gasteiger charge is 2.36. The molecule has 1 aliphatic rings. The number of rotatable bonds is 3. The van der Waals surface area contributed by atoms with Crippen LogP contribution in [0.15, 0.2) is 11.4 Å². The highest BCUT2D eigenvalue weighted by molar-refractivity contribution is 7.14. The zero-order chi connectivity index (χ0) is 9.31. The smallest absolute Gasteiger partial charge is 0.0931 e. The van der Waals surface area contributed by atoms with Crippen molar-refractivity contribution in [1.29, 1.82) is 0 Å². The lowest BCUT2D eigenvalue weighted by Gasteiger charge is -2.40. The van der Waals surface area contributed by atoms with Crippen molar-refractivity contribution < 1.29 is 0 Å². The summed E-state index contributed by atoms with van der Waals surface area (Å²) >= 11 is 13.5. The van der Waals surface area contributed by atoms with E-state index in [1.807, 2.05) is 0 Å². The van der Waals surface area contributed by atoms with E-state index < -0.39 is 0 Å². The van der Waals surface area contributed by atoms with Crippen LogP contribution in [0.2, 0.25) is 4.34 Å². The van der Waals surface area contributed by atoms with Crippen LogP contribution >= 0.6 is 34.5 Å². The van der Waals surface area contributed by atoms with Gasteiger partial charge in [0.05, 0.1) is 4.34 Å². The lowest BCUT2D eigenvalue weighted by molar-refractivity contribution is 0.166. The van der Waals surface area contributed by atoms with Crippen LogP contribution in [-0.4, -0.2) is 5.88 Å². The van der Waals surface area contributed by atoms with Gasteiger partial charge in [-0.15, -0.1) is 22.9 Å². The quantitative estimate of drug-likeness (QED) is 0.683. The van der Waals surface area contributed by atoms with E-state index >= 15 is 0 Å². The molecule has 0 nitrogen and oxygen atoms in total. The summed E-state index contributed by atoms with van der Waals surface area (Å²) < 4.78 is 0.888. The molecule has 1 aliphatic carbocycles. The topological polar surface area (TPSA) is 0 Å². The molecule has 0 unspecified atom stereocenters. The fourth-order valence-electron chi connectivity index (χ4n) is 1.91. The average molecular weight is 235 g/mol. The minimum absolute atomic E-state index is 0.395. The molecule has 1 fully saturated rings. The van der Waals surface area contributed by atoms with Gasteiger partial charge in [0.25, 0.3) is 0 Å². The Morgan fingerprint density at radius 1 is 1.46 bits per heavy atom. The molecule has 0 amide bonds. The highest BCUT2D eigenvalue weighted by atomic mass is 35.5. The highest BCUT2D eigenvalue weighted by Crippen LogP contribution is 2.45. The minimum atomic E-state index is 0.395. The second-order valence-corrected chi connectivity index (χ2v) is 5.73. The summed E-state index contributed by atoms with van der Waals surface area (Å²) in [5.74, 6) is 0.792. The van der Waals surface area contributed by atoms with Crippen LogP contribution in [0.5, 0.6) is 0 Å². The summed E-state index contributed by atoms with van der Waals surface area (Å²) in [7, 11) is 0. The second kappa shape index (κ2) is 3.80. The first-order valence-corrected chi connectivity index (χ1v) is 6.32. The third-order valence-electron chi connectivity index (χ3n) is 2.90. The van der Waals surface area contributed by atoms with Gasteiger partial charge in [-0.3, -0.25) is 0 Å². The molecule has 1 saturated carbocycles. The molecule has 0 atom stereocenters. The van der Waals surface area contributed by atoms with E-state index in [0.29, 0.717) is 5.41 Å². The van der Waals surface area contributed by atoms with E-state index in [9.17, 15) is 0 Å². The van der Waals surface area contributed by atoms with Crippen molar-refractivity contribution in [1.82, 2.24) is 0 Å². The maximum atomic E-state index is 5.99. The van der Waals surface area contributed by atoms with Crippen molar-refractivity contribution in [2.45, 2.75) is 25.7 Å². The van der Waals surface area contributed by atoms with Gasteiger partial charge in [0.2, 0.25) is 0 Å². The summed E-state index contributed by atoms with van der Waals surface area (Å²) in [4.78, 5) is 0. The normalized spacial score (nSPS) is 19.8. The zero-order valence-corrected chi connectivity index (χ0v) is 9.68. The lowest BCUT2D eigenvalue weighted by atomic mass is 9.67.